The monoisotopic (exact) mass is 321 g/mol. The minimum atomic E-state index is -3.56. The van der Waals surface area contributed by atoms with E-state index in [0.29, 0.717) is 17.6 Å². The van der Waals surface area contributed by atoms with Gasteiger partial charge in [0, 0.05) is 17.9 Å². The Morgan fingerprint density at radius 2 is 1.77 bits per heavy atom. The Kier molecular flexibility index (Phi) is 4.22. The second-order valence-corrected chi connectivity index (χ2v) is 6.46. The van der Waals surface area contributed by atoms with Crippen molar-refractivity contribution in [3.05, 3.63) is 58.1 Å². The summed E-state index contributed by atoms with van der Waals surface area (Å²) in [7, 11) is -3.56. The van der Waals surface area contributed by atoms with Crippen LogP contribution in [-0.4, -0.2) is 25.9 Å². The third kappa shape index (κ3) is 3.47. The number of hydrogen-bond donors (Lipinski definition) is 0. The summed E-state index contributed by atoms with van der Waals surface area (Å²) >= 11 is 0. The molecule has 0 aliphatic carbocycles. The van der Waals surface area contributed by atoms with Crippen molar-refractivity contribution in [1.82, 2.24) is 0 Å². The molecule has 0 unspecified atom stereocenters. The quantitative estimate of drug-likeness (QED) is 0.476. The van der Waals surface area contributed by atoms with Gasteiger partial charge in [0.1, 0.15) is 12.0 Å². The maximum atomic E-state index is 11.5. The average molecular weight is 321 g/mol. The Balaban J connectivity index is 2.41. The molecular weight excluding hydrogens is 310 g/mol. The van der Waals surface area contributed by atoms with E-state index >= 15 is 0 Å². The molecule has 0 spiro atoms. The largest absolute Gasteiger partial charge is 0.450 e. The number of rotatable bonds is 5. The normalized spacial score (nSPS) is 11.0. The van der Waals surface area contributed by atoms with Gasteiger partial charge in [-0.1, -0.05) is 0 Å². The molecule has 0 atom stereocenters. The molecule has 0 saturated heterocycles. The fourth-order valence-electron chi connectivity index (χ4n) is 1.70. The van der Waals surface area contributed by atoms with E-state index in [1.54, 1.807) is 0 Å². The lowest BCUT2D eigenvalue weighted by atomic mass is 10.2. The third-order valence-electron chi connectivity index (χ3n) is 2.80. The lowest BCUT2D eigenvalue weighted by Gasteiger charge is -2.07. The number of carbonyl (C=O) groups is 1. The van der Waals surface area contributed by atoms with Crippen molar-refractivity contribution >= 4 is 21.8 Å². The lowest BCUT2D eigenvalue weighted by molar-refractivity contribution is -0.385. The van der Waals surface area contributed by atoms with Crippen molar-refractivity contribution in [3.63, 3.8) is 0 Å². The molecule has 0 aromatic heterocycles. The van der Waals surface area contributed by atoms with Crippen LogP contribution in [0.25, 0.3) is 0 Å². The number of nitrogens with zero attached hydrogens (tertiary/aromatic N) is 1. The Hall–Kier alpha value is -2.74. The van der Waals surface area contributed by atoms with Gasteiger partial charge in [-0.25, -0.2) is 8.42 Å². The van der Waals surface area contributed by atoms with Crippen molar-refractivity contribution in [2.45, 2.75) is 4.90 Å². The summed E-state index contributed by atoms with van der Waals surface area (Å²) in [6, 6.07) is 9.37. The molecule has 0 bridgehead atoms. The molecule has 2 aromatic rings. The number of benzene rings is 2. The van der Waals surface area contributed by atoms with E-state index in [1.165, 1.54) is 36.4 Å². The molecule has 0 N–H and O–H groups in total. The molecule has 0 aliphatic heterocycles. The first kappa shape index (κ1) is 15.6. The standard InChI is InChI=1S/C14H11NO6S/c1-22(19,20)12-6-7-14(13(8-12)15(17)18)21-11-4-2-10(9-16)3-5-11/h2-9H,1H3. The van der Waals surface area contributed by atoms with Gasteiger partial charge in [0.15, 0.2) is 9.84 Å². The molecule has 114 valence electrons. The van der Waals surface area contributed by atoms with Gasteiger partial charge in [0.05, 0.1) is 9.82 Å². The van der Waals surface area contributed by atoms with E-state index in [-0.39, 0.29) is 10.6 Å². The first-order chi connectivity index (χ1) is 10.3. The van der Waals surface area contributed by atoms with Crippen molar-refractivity contribution in [3.8, 4) is 11.5 Å². The van der Waals surface area contributed by atoms with Crippen LogP contribution in [0, 0.1) is 10.1 Å². The summed E-state index contributed by atoms with van der Waals surface area (Å²) in [5.74, 6) is 0.206. The zero-order chi connectivity index (χ0) is 16.3. The highest BCUT2D eigenvalue weighted by Gasteiger charge is 2.20. The van der Waals surface area contributed by atoms with Crippen LogP contribution < -0.4 is 4.74 Å². The van der Waals surface area contributed by atoms with E-state index in [4.69, 9.17) is 4.74 Å². The average Bonchev–Trinajstić information content (AvgIpc) is 2.47. The summed E-state index contributed by atoms with van der Waals surface area (Å²) in [5.41, 5.74) is -0.0170. The van der Waals surface area contributed by atoms with Gasteiger partial charge in [-0.2, -0.15) is 0 Å². The molecule has 22 heavy (non-hydrogen) atoms. The Bertz CT molecular complexity index is 827. The van der Waals surface area contributed by atoms with E-state index in [1.807, 2.05) is 0 Å². The van der Waals surface area contributed by atoms with Gasteiger partial charge in [-0.15, -0.1) is 0 Å². The van der Waals surface area contributed by atoms with E-state index in [2.05, 4.69) is 0 Å². The van der Waals surface area contributed by atoms with E-state index < -0.39 is 20.4 Å². The molecule has 0 aliphatic rings. The molecule has 0 fully saturated rings. The number of carbonyl (C=O) groups excluding carboxylic acids is 1. The second kappa shape index (κ2) is 5.94. The Morgan fingerprint density at radius 1 is 1.14 bits per heavy atom. The summed E-state index contributed by atoms with van der Waals surface area (Å²) in [5, 5.41) is 11.1. The highest BCUT2D eigenvalue weighted by molar-refractivity contribution is 7.90. The summed E-state index contributed by atoms with van der Waals surface area (Å²) in [6.07, 6.45) is 1.62. The molecule has 0 radical (unpaired) electrons. The number of nitro benzene ring substituents is 1. The first-order valence-corrected chi connectivity index (χ1v) is 7.92. The smallest absolute Gasteiger partial charge is 0.312 e. The topological polar surface area (TPSA) is 104 Å². The number of nitro groups is 1. The summed E-state index contributed by atoms with van der Waals surface area (Å²) < 4.78 is 28.3. The van der Waals surface area contributed by atoms with Crippen LogP contribution in [0.1, 0.15) is 10.4 Å². The molecule has 2 rings (SSSR count). The van der Waals surface area contributed by atoms with Gasteiger partial charge in [-0.3, -0.25) is 14.9 Å². The molecule has 0 heterocycles. The molecule has 8 heteroatoms. The van der Waals surface area contributed by atoms with Crippen molar-refractivity contribution in [2.24, 2.45) is 0 Å². The van der Waals surface area contributed by atoms with E-state index in [9.17, 15) is 23.3 Å². The van der Waals surface area contributed by atoms with Crippen molar-refractivity contribution in [2.75, 3.05) is 6.26 Å². The Morgan fingerprint density at radius 3 is 2.27 bits per heavy atom. The SMILES string of the molecule is CS(=O)(=O)c1ccc(Oc2ccc(C=O)cc2)c([N+](=O)[O-])c1. The van der Waals surface area contributed by atoms with Gasteiger partial charge in [-0.05, 0) is 36.4 Å². The molecular formula is C14H11NO6S. The van der Waals surface area contributed by atoms with Gasteiger partial charge >= 0.3 is 5.69 Å². The second-order valence-electron chi connectivity index (χ2n) is 4.45. The number of sulfone groups is 1. The van der Waals surface area contributed by atoms with Crippen molar-refractivity contribution in [1.29, 1.82) is 0 Å². The maximum Gasteiger partial charge on any atom is 0.312 e. The predicted octanol–water partition coefficient (Wildman–Crippen LogP) is 2.60. The number of hydrogen-bond acceptors (Lipinski definition) is 6. The van der Waals surface area contributed by atoms with Crippen LogP contribution >= 0.6 is 0 Å². The minimum Gasteiger partial charge on any atom is -0.450 e. The van der Waals surface area contributed by atoms with Gasteiger partial charge in [0.2, 0.25) is 5.75 Å². The zero-order valence-corrected chi connectivity index (χ0v) is 12.2. The van der Waals surface area contributed by atoms with E-state index in [0.717, 1.165) is 12.3 Å². The lowest BCUT2D eigenvalue weighted by Crippen LogP contribution is -2.00. The van der Waals surface area contributed by atoms with Crippen molar-refractivity contribution < 1.29 is 22.9 Å². The number of aldehydes is 1. The van der Waals surface area contributed by atoms with Crippen LogP contribution in [0.4, 0.5) is 5.69 Å². The Labute approximate surface area is 126 Å². The molecule has 2 aromatic carbocycles. The van der Waals surface area contributed by atoms with Gasteiger partial charge in [0.25, 0.3) is 0 Å². The first-order valence-electron chi connectivity index (χ1n) is 6.03. The predicted molar refractivity (Wildman–Crippen MR) is 78.1 cm³/mol. The van der Waals surface area contributed by atoms with Crippen LogP contribution in [0.3, 0.4) is 0 Å². The van der Waals surface area contributed by atoms with Crippen LogP contribution in [-0.2, 0) is 9.84 Å². The molecule has 0 saturated carbocycles. The highest BCUT2D eigenvalue weighted by atomic mass is 32.2. The summed E-state index contributed by atoms with van der Waals surface area (Å²) in [6.45, 7) is 0. The fraction of sp³-hybridized carbons (Fsp3) is 0.0714. The van der Waals surface area contributed by atoms with Gasteiger partial charge < -0.3 is 4.74 Å². The minimum absolute atomic E-state index is 0.0868. The third-order valence-corrected chi connectivity index (χ3v) is 3.91. The molecule has 7 nitrogen and oxygen atoms in total. The highest BCUT2D eigenvalue weighted by Crippen LogP contribution is 2.33. The van der Waals surface area contributed by atoms with Crippen LogP contribution in [0.15, 0.2) is 47.4 Å². The number of ether oxygens (including phenoxy) is 1. The van der Waals surface area contributed by atoms with Crippen LogP contribution in [0.5, 0.6) is 11.5 Å². The maximum absolute atomic E-state index is 11.5. The molecule has 0 amide bonds. The van der Waals surface area contributed by atoms with Crippen LogP contribution in [0.2, 0.25) is 0 Å². The fourth-order valence-corrected chi connectivity index (χ4v) is 2.34. The summed E-state index contributed by atoms with van der Waals surface area (Å²) in [4.78, 5) is 20.8. The zero-order valence-electron chi connectivity index (χ0n) is 11.4.